The second-order valence-corrected chi connectivity index (χ2v) is 4.89. The fourth-order valence-corrected chi connectivity index (χ4v) is 2.14. The Balaban J connectivity index is 1.51. The molecule has 17 heavy (non-hydrogen) atoms. The quantitative estimate of drug-likeness (QED) is 0.792. The average Bonchev–Trinajstić information content (AvgIpc) is 3.18. The van der Waals surface area contributed by atoms with Crippen molar-refractivity contribution in [1.82, 2.24) is 5.32 Å². The van der Waals surface area contributed by atoms with Gasteiger partial charge < -0.3 is 14.8 Å². The Morgan fingerprint density at radius 3 is 2.76 bits per heavy atom. The molecule has 1 aliphatic carbocycles. The van der Waals surface area contributed by atoms with Gasteiger partial charge in [0.05, 0.1) is 0 Å². The molecule has 0 spiro atoms. The molecule has 1 fully saturated rings. The Kier molecular flexibility index (Phi) is 3.18. The van der Waals surface area contributed by atoms with E-state index in [0.29, 0.717) is 13.2 Å². The van der Waals surface area contributed by atoms with E-state index in [1.165, 1.54) is 24.8 Å². The van der Waals surface area contributed by atoms with Crippen LogP contribution < -0.4 is 14.8 Å². The third kappa shape index (κ3) is 2.91. The predicted molar refractivity (Wildman–Crippen MR) is 66.5 cm³/mol. The van der Waals surface area contributed by atoms with E-state index in [1.807, 2.05) is 6.07 Å². The second-order valence-electron chi connectivity index (χ2n) is 4.89. The van der Waals surface area contributed by atoms with Crippen LogP contribution in [0.15, 0.2) is 18.2 Å². The zero-order valence-corrected chi connectivity index (χ0v) is 10.1. The van der Waals surface area contributed by atoms with E-state index in [1.54, 1.807) is 0 Å². The van der Waals surface area contributed by atoms with E-state index in [2.05, 4.69) is 17.4 Å². The molecule has 1 saturated carbocycles. The molecular formula is C14H19NO2. The molecule has 1 N–H and O–H groups in total. The van der Waals surface area contributed by atoms with E-state index in [4.69, 9.17) is 9.47 Å². The minimum Gasteiger partial charge on any atom is -0.486 e. The van der Waals surface area contributed by atoms with Crippen LogP contribution in [0.3, 0.4) is 0 Å². The van der Waals surface area contributed by atoms with Crippen molar-refractivity contribution in [3.05, 3.63) is 23.8 Å². The van der Waals surface area contributed by atoms with Gasteiger partial charge in [0.25, 0.3) is 0 Å². The number of benzene rings is 1. The summed E-state index contributed by atoms with van der Waals surface area (Å²) < 4.78 is 11.1. The molecule has 0 bridgehead atoms. The Hall–Kier alpha value is -1.22. The first-order valence-electron chi connectivity index (χ1n) is 6.51. The van der Waals surface area contributed by atoms with Gasteiger partial charge in [-0.25, -0.2) is 0 Å². The smallest absolute Gasteiger partial charge is 0.161 e. The lowest BCUT2D eigenvalue weighted by atomic mass is 10.2. The molecule has 0 atom stereocenters. The van der Waals surface area contributed by atoms with Crippen molar-refractivity contribution < 1.29 is 9.47 Å². The Morgan fingerprint density at radius 1 is 1.12 bits per heavy atom. The summed E-state index contributed by atoms with van der Waals surface area (Å²) in [5, 5.41) is 3.48. The predicted octanol–water partition coefficient (Wildman–Crippen LogP) is 2.35. The fraction of sp³-hybridized carbons (Fsp3) is 0.571. The molecule has 0 amide bonds. The maximum absolute atomic E-state index is 5.57. The van der Waals surface area contributed by atoms with Crippen molar-refractivity contribution >= 4 is 0 Å². The summed E-state index contributed by atoms with van der Waals surface area (Å²) in [6.45, 7) is 3.36. The lowest BCUT2D eigenvalue weighted by Crippen LogP contribution is -2.17. The molecule has 1 heterocycles. The fourth-order valence-electron chi connectivity index (χ4n) is 2.14. The highest BCUT2D eigenvalue weighted by molar-refractivity contribution is 5.43. The van der Waals surface area contributed by atoms with Crippen molar-refractivity contribution in [1.29, 1.82) is 0 Å². The average molecular weight is 233 g/mol. The lowest BCUT2D eigenvalue weighted by molar-refractivity contribution is 0.171. The maximum atomic E-state index is 5.57. The van der Waals surface area contributed by atoms with Gasteiger partial charge in [0.2, 0.25) is 0 Å². The minimum atomic E-state index is 0.658. The van der Waals surface area contributed by atoms with Gasteiger partial charge in [-0.05, 0) is 36.6 Å². The van der Waals surface area contributed by atoms with Gasteiger partial charge in [0.15, 0.2) is 11.5 Å². The van der Waals surface area contributed by atoms with Crippen LogP contribution in [0.4, 0.5) is 0 Å². The summed E-state index contributed by atoms with van der Waals surface area (Å²) in [6, 6.07) is 6.20. The number of rotatable bonds is 5. The molecule has 0 radical (unpaired) electrons. The van der Waals surface area contributed by atoms with Gasteiger partial charge in [-0.2, -0.15) is 0 Å². The molecule has 0 unspecified atom stereocenters. The standard InChI is InChI=1S/C14H19NO2/c1-2-11(1)5-6-15-10-12-3-4-13-14(9-12)17-8-7-16-13/h3-4,9,11,15H,1-2,5-8,10H2. The monoisotopic (exact) mass is 233 g/mol. The van der Waals surface area contributed by atoms with Gasteiger partial charge in [0, 0.05) is 6.54 Å². The summed E-state index contributed by atoms with van der Waals surface area (Å²) >= 11 is 0. The first kappa shape index (κ1) is 10.9. The molecule has 3 nitrogen and oxygen atoms in total. The van der Waals surface area contributed by atoms with Gasteiger partial charge in [-0.1, -0.05) is 18.9 Å². The van der Waals surface area contributed by atoms with Crippen molar-refractivity contribution in [2.24, 2.45) is 5.92 Å². The second kappa shape index (κ2) is 4.96. The molecular weight excluding hydrogens is 214 g/mol. The summed E-state index contributed by atoms with van der Waals surface area (Å²) in [6.07, 6.45) is 4.20. The van der Waals surface area contributed by atoms with Crippen LogP contribution in [0, 0.1) is 5.92 Å². The topological polar surface area (TPSA) is 30.5 Å². The van der Waals surface area contributed by atoms with Gasteiger partial charge >= 0.3 is 0 Å². The minimum absolute atomic E-state index is 0.658. The van der Waals surface area contributed by atoms with E-state index in [9.17, 15) is 0 Å². The van der Waals surface area contributed by atoms with E-state index in [0.717, 1.165) is 30.5 Å². The third-order valence-electron chi connectivity index (χ3n) is 3.36. The van der Waals surface area contributed by atoms with Crippen molar-refractivity contribution in [3.8, 4) is 11.5 Å². The first-order chi connectivity index (χ1) is 8.42. The van der Waals surface area contributed by atoms with Crippen molar-refractivity contribution in [3.63, 3.8) is 0 Å². The van der Waals surface area contributed by atoms with E-state index < -0.39 is 0 Å². The summed E-state index contributed by atoms with van der Waals surface area (Å²) in [4.78, 5) is 0. The molecule has 1 aromatic carbocycles. The molecule has 2 aliphatic rings. The zero-order chi connectivity index (χ0) is 11.5. The van der Waals surface area contributed by atoms with Crippen LogP contribution in [0.25, 0.3) is 0 Å². The van der Waals surface area contributed by atoms with E-state index in [-0.39, 0.29) is 0 Å². The Labute approximate surface area is 102 Å². The Bertz CT molecular complexity index is 388. The van der Waals surface area contributed by atoms with Gasteiger partial charge in [0.1, 0.15) is 13.2 Å². The highest BCUT2D eigenvalue weighted by Crippen LogP contribution is 2.32. The van der Waals surface area contributed by atoms with Crippen molar-refractivity contribution in [2.75, 3.05) is 19.8 Å². The number of fused-ring (bicyclic) bond motifs is 1. The van der Waals surface area contributed by atoms with Crippen LogP contribution in [-0.2, 0) is 6.54 Å². The van der Waals surface area contributed by atoms with Crippen LogP contribution in [0.1, 0.15) is 24.8 Å². The first-order valence-corrected chi connectivity index (χ1v) is 6.51. The lowest BCUT2D eigenvalue weighted by Gasteiger charge is -2.19. The molecule has 0 saturated heterocycles. The molecule has 1 aliphatic heterocycles. The van der Waals surface area contributed by atoms with Gasteiger partial charge in [-0.3, -0.25) is 0 Å². The summed E-state index contributed by atoms with van der Waals surface area (Å²) in [5.41, 5.74) is 1.27. The molecule has 3 rings (SSSR count). The highest BCUT2D eigenvalue weighted by atomic mass is 16.6. The highest BCUT2D eigenvalue weighted by Gasteiger charge is 2.20. The number of hydrogen-bond acceptors (Lipinski definition) is 3. The third-order valence-corrected chi connectivity index (χ3v) is 3.36. The number of nitrogens with one attached hydrogen (secondary N) is 1. The number of ether oxygens (including phenoxy) is 2. The summed E-state index contributed by atoms with van der Waals surface area (Å²) in [5.74, 6) is 2.76. The molecule has 1 aromatic rings. The Morgan fingerprint density at radius 2 is 1.94 bits per heavy atom. The molecule has 92 valence electrons. The normalized spacial score (nSPS) is 18.1. The van der Waals surface area contributed by atoms with Gasteiger partial charge in [-0.15, -0.1) is 0 Å². The van der Waals surface area contributed by atoms with Crippen LogP contribution in [0.5, 0.6) is 11.5 Å². The van der Waals surface area contributed by atoms with Crippen LogP contribution >= 0.6 is 0 Å². The van der Waals surface area contributed by atoms with Crippen LogP contribution in [-0.4, -0.2) is 19.8 Å². The van der Waals surface area contributed by atoms with Crippen molar-refractivity contribution in [2.45, 2.75) is 25.8 Å². The molecule has 3 heteroatoms. The summed E-state index contributed by atoms with van der Waals surface area (Å²) in [7, 11) is 0. The maximum Gasteiger partial charge on any atom is 0.161 e. The molecule has 0 aromatic heterocycles. The largest absolute Gasteiger partial charge is 0.486 e. The van der Waals surface area contributed by atoms with E-state index >= 15 is 0 Å². The number of hydrogen-bond donors (Lipinski definition) is 1. The zero-order valence-electron chi connectivity index (χ0n) is 10.1. The van der Waals surface area contributed by atoms with Crippen LogP contribution in [0.2, 0.25) is 0 Å². The SMILES string of the molecule is c1cc2c(cc1CNCCC1CC1)OCCO2.